The fourth-order valence-electron chi connectivity index (χ4n) is 3.94. The quantitative estimate of drug-likeness (QED) is 0.694. The van der Waals surface area contributed by atoms with Crippen molar-refractivity contribution >= 4 is 28.4 Å². The number of urea groups is 1. The SMILES string of the molecule is O=C(Nc1ccc2ccccc2c1)N1CCN(C(=O)C2COc3ccccc3O2)CC1. The summed E-state index contributed by atoms with van der Waals surface area (Å²) < 4.78 is 11.5. The Kier molecular flexibility index (Phi) is 5.08. The van der Waals surface area contributed by atoms with Gasteiger partial charge in [-0.15, -0.1) is 0 Å². The number of para-hydroxylation sites is 2. The number of piperazine rings is 1. The summed E-state index contributed by atoms with van der Waals surface area (Å²) in [6.07, 6.45) is -0.659. The molecule has 2 aliphatic rings. The topological polar surface area (TPSA) is 71.1 Å². The van der Waals surface area contributed by atoms with E-state index in [2.05, 4.69) is 5.32 Å². The number of ether oxygens (including phenoxy) is 2. The molecule has 0 aliphatic carbocycles. The molecule has 0 spiro atoms. The molecule has 7 heteroatoms. The number of rotatable bonds is 2. The molecule has 0 aromatic heterocycles. The summed E-state index contributed by atoms with van der Waals surface area (Å²) in [7, 11) is 0. The fourth-order valence-corrected chi connectivity index (χ4v) is 3.94. The largest absolute Gasteiger partial charge is 0.485 e. The summed E-state index contributed by atoms with van der Waals surface area (Å²) in [6.45, 7) is 2.06. The number of carbonyl (C=O) groups is 2. The maximum Gasteiger partial charge on any atom is 0.321 e. The Morgan fingerprint density at radius 3 is 2.29 bits per heavy atom. The van der Waals surface area contributed by atoms with Crippen LogP contribution in [0.15, 0.2) is 66.7 Å². The molecule has 2 heterocycles. The van der Waals surface area contributed by atoms with Crippen molar-refractivity contribution in [2.24, 2.45) is 0 Å². The Morgan fingerprint density at radius 1 is 0.806 bits per heavy atom. The molecule has 2 aliphatic heterocycles. The third kappa shape index (κ3) is 3.99. The lowest BCUT2D eigenvalue weighted by Gasteiger charge is -2.37. The number of fused-ring (bicyclic) bond motifs is 2. The lowest BCUT2D eigenvalue weighted by molar-refractivity contribution is -0.142. The smallest absolute Gasteiger partial charge is 0.321 e. The van der Waals surface area contributed by atoms with Gasteiger partial charge in [0.05, 0.1) is 0 Å². The van der Waals surface area contributed by atoms with Gasteiger partial charge in [-0.3, -0.25) is 4.79 Å². The van der Waals surface area contributed by atoms with Crippen molar-refractivity contribution < 1.29 is 19.1 Å². The van der Waals surface area contributed by atoms with Gasteiger partial charge in [0, 0.05) is 31.9 Å². The van der Waals surface area contributed by atoms with Crippen LogP contribution in [0.1, 0.15) is 0 Å². The number of hydrogen-bond donors (Lipinski definition) is 1. The van der Waals surface area contributed by atoms with E-state index in [1.54, 1.807) is 15.9 Å². The molecule has 0 radical (unpaired) electrons. The normalized spacial score (nSPS) is 18.0. The number of benzene rings is 3. The van der Waals surface area contributed by atoms with Crippen LogP contribution in [0.25, 0.3) is 10.8 Å². The highest BCUT2D eigenvalue weighted by molar-refractivity contribution is 5.93. The molecule has 31 heavy (non-hydrogen) atoms. The van der Waals surface area contributed by atoms with Crippen molar-refractivity contribution in [3.8, 4) is 11.5 Å². The Morgan fingerprint density at radius 2 is 1.48 bits per heavy atom. The number of amides is 3. The lowest BCUT2D eigenvalue weighted by Crippen LogP contribution is -2.55. The zero-order valence-electron chi connectivity index (χ0n) is 17.0. The molecule has 1 fully saturated rings. The minimum Gasteiger partial charge on any atom is -0.485 e. The second-order valence-electron chi connectivity index (χ2n) is 7.67. The summed E-state index contributed by atoms with van der Waals surface area (Å²) in [5.74, 6) is 1.13. The molecule has 158 valence electrons. The first kappa shape index (κ1) is 19.2. The Balaban J connectivity index is 1.16. The second kappa shape index (κ2) is 8.18. The highest BCUT2D eigenvalue weighted by Crippen LogP contribution is 2.31. The zero-order chi connectivity index (χ0) is 21.2. The molecule has 5 rings (SSSR count). The Hall–Kier alpha value is -3.74. The van der Waals surface area contributed by atoms with Crippen LogP contribution in [0, 0.1) is 0 Å². The number of carbonyl (C=O) groups excluding carboxylic acids is 2. The minimum atomic E-state index is -0.659. The van der Waals surface area contributed by atoms with Crippen molar-refractivity contribution in [1.82, 2.24) is 9.80 Å². The van der Waals surface area contributed by atoms with Gasteiger partial charge in [0.15, 0.2) is 11.5 Å². The van der Waals surface area contributed by atoms with E-state index in [9.17, 15) is 9.59 Å². The summed E-state index contributed by atoms with van der Waals surface area (Å²) in [6, 6.07) is 21.1. The summed E-state index contributed by atoms with van der Waals surface area (Å²) in [5.41, 5.74) is 0.758. The van der Waals surface area contributed by atoms with Crippen LogP contribution in [-0.2, 0) is 4.79 Å². The molecule has 3 aromatic carbocycles. The van der Waals surface area contributed by atoms with Crippen molar-refractivity contribution in [3.05, 3.63) is 66.7 Å². The van der Waals surface area contributed by atoms with E-state index in [0.29, 0.717) is 37.7 Å². The first-order valence-corrected chi connectivity index (χ1v) is 10.4. The molecule has 1 unspecified atom stereocenters. The molecular weight excluding hydrogens is 394 g/mol. The molecule has 3 amide bonds. The predicted octanol–water partition coefficient (Wildman–Crippen LogP) is 3.36. The molecule has 1 saturated heterocycles. The van der Waals surface area contributed by atoms with Crippen LogP contribution < -0.4 is 14.8 Å². The number of nitrogens with one attached hydrogen (secondary N) is 1. The monoisotopic (exact) mass is 417 g/mol. The maximum atomic E-state index is 12.9. The van der Waals surface area contributed by atoms with Crippen molar-refractivity contribution in [2.45, 2.75) is 6.10 Å². The van der Waals surface area contributed by atoms with Crippen LogP contribution >= 0.6 is 0 Å². The Labute approximate surface area is 180 Å². The second-order valence-corrected chi connectivity index (χ2v) is 7.67. The average Bonchev–Trinajstić information content (AvgIpc) is 2.83. The van der Waals surface area contributed by atoms with Gasteiger partial charge in [-0.05, 0) is 35.0 Å². The maximum absolute atomic E-state index is 12.9. The van der Waals surface area contributed by atoms with Crippen LogP contribution in [0.4, 0.5) is 10.5 Å². The van der Waals surface area contributed by atoms with E-state index in [0.717, 1.165) is 16.5 Å². The fraction of sp³-hybridized carbons (Fsp3) is 0.250. The number of nitrogens with zero attached hydrogens (tertiary/aromatic N) is 2. The summed E-state index contributed by atoms with van der Waals surface area (Å²) in [4.78, 5) is 29.0. The van der Waals surface area contributed by atoms with Crippen molar-refractivity contribution in [1.29, 1.82) is 0 Å². The van der Waals surface area contributed by atoms with Gasteiger partial charge in [-0.2, -0.15) is 0 Å². The van der Waals surface area contributed by atoms with E-state index < -0.39 is 6.10 Å². The van der Waals surface area contributed by atoms with Gasteiger partial charge >= 0.3 is 6.03 Å². The van der Waals surface area contributed by atoms with Gasteiger partial charge in [0.2, 0.25) is 6.10 Å². The van der Waals surface area contributed by atoms with Gasteiger partial charge < -0.3 is 24.6 Å². The highest BCUT2D eigenvalue weighted by Gasteiger charge is 2.33. The summed E-state index contributed by atoms with van der Waals surface area (Å²) >= 11 is 0. The van der Waals surface area contributed by atoms with Crippen LogP contribution in [0.3, 0.4) is 0 Å². The molecular formula is C24H23N3O4. The average molecular weight is 417 g/mol. The van der Waals surface area contributed by atoms with E-state index in [1.807, 2.05) is 60.7 Å². The first-order chi connectivity index (χ1) is 15.2. The van der Waals surface area contributed by atoms with Crippen LogP contribution in [0.2, 0.25) is 0 Å². The van der Waals surface area contributed by atoms with E-state index in [1.165, 1.54) is 0 Å². The van der Waals surface area contributed by atoms with Gasteiger partial charge in [-0.25, -0.2) is 4.79 Å². The number of hydrogen-bond acceptors (Lipinski definition) is 4. The number of anilines is 1. The van der Waals surface area contributed by atoms with Crippen LogP contribution in [0.5, 0.6) is 11.5 Å². The van der Waals surface area contributed by atoms with Crippen molar-refractivity contribution in [3.63, 3.8) is 0 Å². The summed E-state index contributed by atoms with van der Waals surface area (Å²) in [5, 5.41) is 5.17. The molecule has 3 aromatic rings. The highest BCUT2D eigenvalue weighted by atomic mass is 16.6. The lowest BCUT2D eigenvalue weighted by atomic mass is 10.1. The molecule has 1 atom stereocenters. The standard InChI is InChI=1S/C24H23N3O4/c28-23(22-16-30-20-7-3-4-8-21(20)31-22)26-11-13-27(14-12-26)24(29)25-19-10-9-17-5-1-2-6-18(17)15-19/h1-10,15,22H,11-14,16H2,(H,25,29). The van der Waals surface area contributed by atoms with Gasteiger partial charge in [0.1, 0.15) is 6.61 Å². The van der Waals surface area contributed by atoms with E-state index in [-0.39, 0.29) is 18.5 Å². The van der Waals surface area contributed by atoms with Gasteiger partial charge in [0.25, 0.3) is 5.91 Å². The molecule has 0 bridgehead atoms. The molecule has 1 N–H and O–H groups in total. The Bertz CT molecular complexity index is 1120. The predicted molar refractivity (Wildman–Crippen MR) is 117 cm³/mol. The van der Waals surface area contributed by atoms with Gasteiger partial charge in [-0.1, -0.05) is 42.5 Å². The zero-order valence-corrected chi connectivity index (χ0v) is 17.0. The van der Waals surface area contributed by atoms with Crippen molar-refractivity contribution in [2.75, 3.05) is 38.1 Å². The minimum absolute atomic E-state index is 0.107. The van der Waals surface area contributed by atoms with E-state index in [4.69, 9.17) is 9.47 Å². The van der Waals surface area contributed by atoms with E-state index >= 15 is 0 Å². The third-order valence-corrected chi connectivity index (χ3v) is 5.66. The molecule has 7 nitrogen and oxygen atoms in total. The first-order valence-electron chi connectivity index (χ1n) is 10.4. The third-order valence-electron chi connectivity index (χ3n) is 5.66. The molecule has 0 saturated carbocycles. The van der Waals surface area contributed by atoms with Crippen LogP contribution in [-0.4, -0.2) is 60.6 Å².